The Balaban J connectivity index is 1.42. The van der Waals surface area contributed by atoms with Gasteiger partial charge in [0.05, 0.1) is 26.1 Å². The van der Waals surface area contributed by atoms with E-state index in [4.69, 9.17) is 0 Å². The van der Waals surface area contributed by atoms with Crippen molar-refractivity contribution >= 4 is 48.4 Å². The van der Waals surface area contributed by atoms with E-state index in [0.717, 1.165) is 70.6 Å². The Morgan fingerprint density at radius 2 is 1.38 bits per heavy atom. The number of fused-ring (bicyclic) bond motifs is 3. The SMILES string of the molecule is CCCCC[N+]1=C(/C=C/C2=C(N(C)S(=O)(=O)c3ccc(C)cc3)C(=C/C=C3/N(CCCCS(=O)(=O)[O-])c4ccccc4C3(C)C)/c3ccccc32)C(C)(C)c2ccccc21. The summed E-state index contributed by atoms with van der Waals surface area (Å²) < 4.78 is 67.7. The fourth-order valence-electron chi connectivity index (χ4n) is 9.18. The molecule has 0 N–H and O–H groups in total. The lowest BCUT2D eigenvalue weighted by Crippen LogP contribution is -2.28. The van der Waals surface area contributed by atoms with Crippen molar-refractivity contribution in [2.24, 2.45) is 0 Å². The van der Waals surface area contributed by atoms with Gasteiger partial charge in [-0.05, 0) is 87.1 Å². The third kappa shape index (κ3) is 8.09. The Hall–Kier alpha value is -5.03. The van der Waals surface area contributed by atoms with E-state index in [0.29, 0.717) is 18.7 Å². The predicted molar refractivity (Wildman–Crippen MR) is 244 cm³/mol. The van der Waals surface area contributed by atoms with Crippen molar-refractivity contribution < 1.29 is 26.0 Å². The molecule has 0 aromatic heterocycles. The lowest BCUT2D eigenvalue weighted by Gasteiger charge is -2.27. The number of anilines is 1. The van der Waals surface area contributed by atoms with Crippen molar-refractivity contribution in [3.05, 3.63) is 161 Å². The van der Waals surface area contributed by atoms with Crippen LogP contribution in [0.4, 0.5) is 11.4 Å². The topological polar surface area (TPSA) is 101 Å². The van der Waals surface area contributed by atoms with Crippen molar-refractivity contribution in [1.82, 2.24) is 4.31 Å². The van der Waals surface area contributed by atoms with Crippen LogP contribution in [0.1, 0.15) is 94.5 Å². The number of hydrogen-bond acceptors (Lipinski definition) is 6. The number of para-hydroxylation sites is 2. The van der Waals surface area contributed by atoms with E-state index in [1.165, 1.54) is 21.3 Å². The molecule has 0 unspecified atom stereocenters. The molecular weight excluding hydrogens is 787 g/mol. The highest BCUT2D eigenvalue weighted by Gasteiger charge is 2.44. The quantitative estimate of drug-likeness (QED) is 0.0671. The average molecular weight is 844 g/mol. The van der Waals surface area contributed by atoms with Gasteiger partial charge in [-0.1, -0.05) is 112 Å². The molecule has 0 amide bonds. The van der Waals surface area contributed by atoms with E-state index in [2.05, 4.69) is 111 Å². The van der Waals surface area contributed by atoms with Gasteiger partial charge in [-0.25, -0.2) is 16.8 Å². The fraction of sp³-hybridized carbons (Fsp3) is 0.340. The highest BCUT2D eigenvalue weighted by Crippen LogP contribution is 2.50. The summed E-state index contributed by atoms with van der Waals surface area (Å²) in [6.07, 6.45) is 12.5. The minimum absolute atomic E-state index is 0.211. The van der Waals surface area contributed by atoms with E-state index in [1.54, 1.807) is 19.2 Å². The monoisotopic (exact) mass is 843 g/mol. The van der Waals surface area contributed by atoms with Crippen LogP contribution in [0.25, 0.3) is 11.1 Å². The third-order valence-electron chi connectivity index (χ3n) is 12.4. The third-order valence-corrected chi connectivity index (χ3v) is 15.0. The van der Waals surface area contributed by atoms with Gasteiger partial charge >= 0.3 is 0 Å². The molecule has 3 aliphatic rings. The van der Waals surface area contributed by atoms with Crippen molar-refractivity contribution in [1.29, 1.82) is 0 Å². The van der Waals surface area contributed by atoms with Crippen molar-refractivity contribution in [2.75, 3.05) is 30.8 Å². The Kier molecular flexibility index (Phi) is 12.1. The van der Waals surface area contributed by atoms with Gasteiger partial charge in [0.15, 0.2) is 5.71 Å². The summed E-state index contributed by atoms with van der Waals surface area (Å²) in [5.41, 5.74) is 11.1. The van der Waals surface area contributed by atoms with Crippen LogP contribution in [0.2, 0.25) is 0 Å². The number of likely N-dealkylation sites (N-methyl/N-ethyl adjacent to an activating group) is 1. The maximum absolute atomic E-state index is 14.7. The smallest absolute Gasteiger partial charge is 0.264 e. The first-order valence-corrected chi connectivity index (χ1v) is 24.1. The molecule has 4 aromatic rings. The summed E-state index contributed by atoms with van der Waals surface area (Å²) in [6.45, 7) is 14.4. The number of rotatable bonds is 15. The van der Waals surface area contributed by atoms with Gasteiger partial charge in [-0.2, -0.15) is 4.58 Å². The molecule has 2 heterocycles. The average Bonchev–Trinajstić information content (AvgIpc) is 3.72. The normalized spacial score (nSPS) is 18.2. The van der Waals surface area contributed by atoms with Crippen LogP contribution in [0.15, 0.2) is 138 Å². The molecule has 2 aliphatic heterocycles. The summed E-state index contributed by atoms with van der Waals surface area (Å²) in [7, 11) is -6.69. The molecule has 1 aliphatic carbocycles. The molecule has 8 nitrogen and oxygen atoms in total. The number of aryl methyl sites for hydroxylation is 1. The van der Waals surface area contributed by atoms with E-state index >= 15 is 0 Å². The predicted octanol–water partition coefficient (Wildman–Crippen LogP) is 10.3. The van der Waals surface area contributed by atoms with Gasteiger partial charge in [0.25, 0.3) is 10.0 Å². The molecule has 60 heavy (non-hydrogen) atoms. The van der Waals surface area contributed by atoms with Crippen LogP contribution in [-0.4, -0.2) is 61.9 Å². The maximum atomic E-state index is 14.7. The van der Waals surface area contributed by atoms with Gasteiger partial charge in [0.2, 0.25) is 5.69 Å². The zero-order chi connectivity index (χ0) is 43.0. The van der Waals surface area contributed by atoms with Gasteiger partial charge < -0.3 is 9.45 Å². The number of hydrogen-bond donors (Lipinski definition) is 0. The number of sulfonamides is 1. The molecule has 4 aromatic carbocycles. The number of benzene rings is 4. The molecule has 0 spiro atoms. The van der Waals surface area contributed by atoms with Gasteiger partial charge in [-0.3, -0.25) is 4.31 Å². The van der Waals surface area contributed by atoms with Crippen molar-refractivity contribution in [3.8, 4) is 0 Å². The Morgan fingerprint density at radius 1 is 0.733 bits per heavy atom. The minimum atomic E-state index is -4.32. The lowest BCUT2D eigenvalue weighted by molar-refractivity contribution is -0.438. The van der Waals surface area contributed by atoms with Crippen molar-refractivity contribution in [3.63, 3.8) is 0 Å². The molecule has 0 saturated carbocycles. The van der Waals surface area contributed by atoms with Crippen LogP contribution in [-0.2, 0) is 31.0 Å². The molecule has 7 rings (SSSR count). The first-order chi connectivity index (χ1) is 28.5. The largest absolute Gasteiger partial charge is 0.748 e. The summed E-state index contributed by atoms with van der Waals surface area (Å²) in [6, 6.07) is 31.9. The van der Waals surface area contributed by atoms with Crippen LogP contribution in [0, 0.1) is 6.92 Å². The molecule has 0 saturated heterocycles. The highest BCUT2D eigenvalue weighted by molar-refractivity contribution is 7.89. The maximum Gasteiger partial charge on any atom is 0.264 e. The van der Waals surface area contributed by atoms with Crippen LogP contribution in [0.3, 0.4) is 0 Å². The highest BCUT2D eigenvalue weighted by atomic mass is 32.2. The van der Waals surface area contributed by atoms with Gasteiger partial charge in [-0.15, -0.1) is 0 Å². The van der Waals surface area contributed by atoms with Crippen molar-refractivity contribution in [2.45, 2.75) is 89.4 Å². The fourth-order valence-corrected chi connectivity index (χ4v) is 11.0. The summed E-state index contributed by atoms with van der Waals surface area (Å²) in [4.78, 5) is 2.42. The van der Waals surface area contributed by atoms with Crippen LogP contribution >= 0.6 is 0 Å². The molecule has 10 heteroatoms. The Labute approximate surface area is 357 Å². The zero-order valence-electron chi connectivity index (χ0n) is 35.9. The Bertz CT molecular complexity index is 2680. The molecule has 314 valence electrons. The summed E-state index contributed by atoms with van der Waals surface area (Å²) in [5.74, 6) is -0.406. The molecule has 0 bridgehead atoms. The number of unbranched alkanes of at least 4 members (excludes halogenated alkanes) is 3. The van der Waals surface area contributed by atoms with E-state index in [-0.39, 0.29) is 16.7 Å². The molecule has 0 atom stereocenters. The van der Waals surface area contributed by atoms with Crippen LogP contribution < -0.4 is 4.90 Å². The minimum Gasteiger partial charge on any atom is -0.748 e. The van der Waals surface area contributed by atoms with E-state index in [9.17, 15) is 21.4 Å². The Morgan fingerprint density at radius 3 is 2.08 bits per heavy atom. The number of allylic oxidation sites excluding steroid dienone is 7. The molecular formula is C50H57N3O5S2. The standard InChI is InChI=1S/C50H57N3O5S2/c1-8-9-16-33-52-44-23-14-12-21-42(44)49(3,4)46(52)31-29-40-38-19-10-11-20-39(38)41(48(40)51(7)60(57,58)37-27-25-36(2)26-28-37)30-32-47-50(5,6)43-22-13-15-24-45(43)53(47)34-17-18-35-59(54,55)56/h10-15,19-32H,8-9,16-18,33-35H2,1-7H3. The first kappa shape index (κ1) is 43.1. The second kappa shape index (κ2) is 16.8. The second-order valence-electron chi connectivity index (χ2n) is 17.2. The second-order valence-corrected chi connectivity index (χ2v) is 20.7. The lowest BCUT2D eigenvalue weighted by atomic mass is 9.81. The molecule has 0 fully saturated rings. The van der Waals surface area contributed by atoms with Gasteiger partial charge in [0, 0.05) is 71.4 Å². The van der Waals surface area contributed by atoms with Gasteiger partial charge in [0.1, 0.15) is 6.54 Å². The summed E-state index contributed by atoms with van der Waals surface area (Å²) in [5, 5.41) is 0. The van der Waals surface area contributed by atoms with Crippen LogP contribution in [0.5, 0.6) is 0 Å². The zero-order valence-corrected chi connectivity index (χ0v) is 37.5. The summed E-state index contributed by atoms with van der Waals surface area (Å²) >= 11 is 0. The molecule has 0 radical (unpaired) electrons. The first-order valence-electron chi connectivity index (χ1n) is 21.0. The van der Waals surface area contributed by atoms with E-state index < -0.39 is 31.3 Å². The van der Waals surface area contributed by atoms with E-state index in [1.807, 2.05) is 49.4 Å². The number of nitrogens with zero attached hydrogens (tertiary/aromatic N) is 3.